The minimum Gasteiger partial charge on any atom is -0.323 e. The summed E-state index contributed by atoms with van der Waals surface area (Å²) in [6.07, 6.45) is 0.0556. The highest BCUT2D eigenvalue weighted by atomic mass is 35.5. The summed E-state index contributed by atoms with van der Waals surface area (Å²) in [4.78, 5) is 0. The Morgan fingerprint density at radius 3 is 2.73 bits per heavy atom. The number of hydrogen-bond acceptors (Lipinski definition) is 2. The first-order chi connectivity index (χ1) is 6.57. The minimum atomic E-state index is -0.660. The maximum absolute atomic E-state index is 13.3. The van der Waals surface area contributed by atoms with Gasteiger partial charge < -0.3 is 5.73 Å². The highest BCUT2D eigenvalue weighted by Gasteiger charge is 2.16. The first-order valence-electron chi connectivity index (χ1n) is 4.15. The van der Waals surface area contributed by atoms with Crippen LogP contribution >= 0.6 is 24.0 Å². The molecule has 0 unspecified atom stereocenters. The molecule has 1 rings (SSSR count). The molecule has 0 aliphatic carbocycles. The lowest BCUT2D eigenvalue weighted by atomic mass is 10.0. The van der Waals surface area contributed by atoms with Gasteiger partial charge in [-0.2, -0.15) is 5.26 Å². The second-order valence-electron chi connectivity index (χ2n) is 3.06. The second kappa shape index (κ2) is 5.92. The van der Waals surface area contributed by atoms with Gasteiger partial charge >= 0.3 is 0 Å². The molecule has 0 aliphatic rings. The summed E-state index contributed by atoms with van der Waals surface area (Å²) >= 11 is 5.90. The first kappa shape index (κ1) is 14.2. The van der Waals surface area contributed by atoms with E-state index in [0.717, 1.165) is 5.56 Å². The molecule has 0 fully saturated rings. The molecule has 0 saturated heterocycles. The lowest BCUT2D eigenvalue weighted by Gasteiger charge is -2.12. The van der Waals surface area contributed by atoms with Crippen molar-refractivity contribution in [1.29, 1.82) is 5.26 Å². The van der Waals surface area contributed by atoms with E-state index in [1.54, 1.807) is 13.0 Å². The lowest BCUT2D eigenvalue weighted by Crippen LogP contribution is -2.12. The molecule has 15 heavy (non-hydrogen) atoms. The van der Waals surface area contributed by atoms with E-state index in [0.29, 0.717) is 5.02 Å². The Morgan fingerprint density at radius 1 is 1.60 bits per heavy atom. The van der Waals surface area contributed by atoms with Crippen molar-refractivity contribution in [3.63, 3.8) is 0 Å². The van der Waals surface area contributed by atoms with Crippen molar-refractivity contribution in [1.82, 2.24) is 0 Å². The van der Waals surface area contributed by atoms with Crippen molar-refractivity contribution in [2.45, 2.75) is 19.4 Å². The second-order valence-corrected chi connectivity index (χ2v) is 3.44. The Bertz CT molecular complexity index is 388. The van der Waals surface area contributed by atoms with Gasteiger partial charge in [0.05, 0.1) is 17.5 Å². The van der Waals surface area contributed by atoms with Gasteiger partial charge in [0, 0.05) is 11.6 Å². The summed E-state index contributed by atoms with van der Waals surface area (Å²) < 4.78 is 13.3. The Hall–Kier alpha value is -0.820. The molecule has 2 nitrogen and oxygen atoms in total. The highest BCUT2D eigenvalue weighted by Crippen LogP contribution is 2.28. The number of halogens is 3. The molecule has 2 N–H and O–H groups in total. The summed E-state index contributed by atoms with van der Waals surface area (Å²) in [7, 11) is 0. The van der Waals surface area contributed by atoms with Crippen molar-refractivity contribution in [2.24, 2.45) is 5.73 Å². The molecule has 0 aliphatic heterocycles. The zero-order chi connectivity index (χ0) is 10.7. The van der Waals surface area contributed by atoms with Crippen molar-refractivity contribution in [3.05, 3.63) is 34.1 Å². The van der Waals surface area contributed by atoms with Gasteiger partial charge in [-0.3, -0.25) is 0 Å². The fourth-order valence-corrected chi connectivity index (χ4v) is 1.51. The van der Waals surface area contributed by atoms with E-state index < -0.39 is 11.9 Å². The third-order valence-corrected chi connectivity index (χ3v) is 2.50. The third-order valence-electron chi connectivity index (χ3n) is 2.00. The quantitative estimate of drug-likeness (QED) is 0.875. The fraction of sp³-hybridized carbons (Fsp3) is 0.300. The fourth-order valence-electron chi connectivity index (χ4n) is 1.22. The molecule has 0 saturated carbocycles. The highest BCUT2D eigenvalue weighted by molar-refractivity contribution is 6.32. The largest absolute Gasteiger partial charge is 0.323 e. The molecule has 0 aromatic heterocycles. The van der Waals surface area contributed by atoms with E-state index in [-0.39, 0.29) is 24.4 Å². The number of aryl methyl sites for hydroxylation is 1. The van der Waals surface area contributed by atoms with Crippen LogP contribution in [0, 0.1) is 24.1 Å². The van der Waals surface area contributed by atoms with Crippen LogP contribution in [0.1, 0.15) is 23.6 Å². The maximum Gasteiger partial charge on any atom is 0.129 e. The molecular formula is C10H11Cl2FN2. The minimum absolute atomic E-state index is 0. The van der Waals surface area contributed by atoms with Crippen LogP contribution in [0.25, 0.3) is 0 Å². The summed E-state index contributed by atoms with van der Waals surface area (Å²) in [5.74, 6) is -0.455. The van der Waals surface area contributed by atoms with Crippen molar-refractivity contribution in [2.75, 3.05) is 0 Å². The molecule has 0 spiro atoms. The first-order valence-corrected chi connectivity index (χ1v) is 4.52. The van der Waals surface area contributed by atoms with Crippen LogP contribution in [0.5, 0.6) is 0 Å². The predicted molar refractivity (Wildman–Crippen MR) is 60.6 cm³/mol. The number of rotatable bonds is 2. The average molecular weight is 249 g/mol. The van der Waals surface area contributed by atoms with Gasteiger partial charge in [0.15, 0.2) is 0 Å². The number of nitrogens with zero attached hydrogens (tertiary/aromatic N) is 1. The molecule has 1 atom stereocenters. The van der Waals surface area contributed by atoms with E-state index in [4.69, 9.17) is 22.6 Å². The van der Waals surface area contributed by atoms with Crippen LogP contribution in [0.15, 0.2) is 12.1 Å². The Morgan fingerprint density at radius 2 is 2.20 bits per heavy atom. The molecule has 0 bridgehead atoms. The Kier molecular flexibility index (Phi) is 5.59. The normalized spacial score (nSPS) is 11.4. The van der Waals surface area contributed by atoms with Crippen LogP contribution in [-0.2, 0) is 0 Å². The van der Waals surface area contributed by atoms with Crippen molar-refractivity contribution >= 4 is 24.0 Å². The van der Waals surface area contributed by atoms with E-state index in [2.05, 4.69) is 0 Å². The summed E-state index contributed by atoms with van der Waals surface area (Å²) in [5, 5.41) is 8.77. The van der Waals surface area contributed by atoms with Crippen LogP contribution in [-0.4, -0.2) is 0 Å². The Labute approximate surface area is 99.2 Å². The summed E-state index contributed by atoms with van der Waals surface area (Å²) in [5.41, 5.74) is 6.62. The predicted octanol–water partition coefficient (Wildman–Crippen LogP) is 3.12. The molecule has 0 amide bonds. The smallest absolute Gasteiger partial charge is 0.129 e. The summed E-state index contributed by atoms with van der Waals surface area (Å²) in [6.45, 7) is 1.77. The van der Waals surface area contributed by atoms with Crippen LogP contribution in [0.3, 0.4) is 0 Å². The Balaban J connectivity index is 0.00000196. The molecule has 82 valence electrons. The van der Waals surface area contributed by atoms with Crippen molar-refractivity contribution < 1.29 is 4.39 Å². The maximum atomic E-state index is 13.3. The third kappa shape index (κ3) is 3.07. The van der Waals surface area contributed by atoms with Crippen LogP contribution < -0.4 is 5.73 Å². The van der Waals surface area contributed by atoms with Gasteiger partial charge in [-0.1, -0.05) is 17.7 Å². The van der Waals surface area contributed by atoms with Gasteiger partial charge in [-0.25, -0.2) is 4.39 Å². The SMILES string of the molecule is Cc1ccc(F)c([C@H](N)CC#N)c1Cl.Cl. The van der Waals surface area contributed by atoms with E-state index in [1.165, 1.54) is 6.07 Å². The van der Waals surface area contributed by atoms with E-state index >= 15 is 0 Å². The average Bonchev–Trinajstić information content (AvgIpc) is 2.13. The standard InChI is InChI=1S/C10H10ClFN2.ClH/c1-6-2-3-7(12)9(10(6)11)8(14)4-5-13;/h2-3,8H,4,14H2,1H3;1H/t8-;/m1./s1. The molecule has 1 aromatic carbocycles. The van der Waals surface area contributed by atoms with Gasteiger partial charge in [-0.05, 0) is 18.6 Å². The zero-order valence-corrected chi connectivity index (χ0v) is 9.70. The molecule has 0 radical (unpaired) electrons. The number of benzene rings is 1. The van der Waals surface area contributed by atoms with Gasteiger partial charge in [0.1, 0.15) is 5.82 Å². The van der Waals surface area contributed by atoms with Crippen LogP contribution in [0.4, 0.5) is 4.39 Å². The lowest BCUT2D eigenvalue weighted by molar-refractivity contribution is 0.584. The zero-order valence-electron chi connectivity index (χ0n) is 8.13. The number of nitrogens with two attached hydrogens (primary N) is 1. The van der Waals surface area contributed by atoms with E-state index in [9.17, 15) is 4.39 Å². The monoisotopic (exact) mass is 248 g/mol. The van der Waals surface area contributed by atoms with Gasteiger partial charge in [-0.15, -0.1) is 12.4 Å². The summed E-state index contributed by atoms with van der Waals surface area (Å²) in [6, 6.07) is 4.13. The topological polar surface area (TPSA) is 49.8 Å². The van der Waals surface area contributed by atoms with Gasteiger partial charge in [0.25, 0.3) is 0 Å². The van der Waals surface area contributed by atoms with Crippen molar-refractivity contribution in [3.8, 4) is 6.07 Å². The molecular weight excluding hydrogens is 238 g/mol. The molecule has 0 heterocycles. The number of nitriles is 1. The molecule has 1 aromatic rings. The van der Waals surface area contributed by atoms with Crippen LogP contribution in [0.2, 0.25) is 5.02 Å². The van der Waals surface area contributed by atoms with Gasteiger partial charge in [0.2, 0.25) is 0 Å². The van der Waals surface area contributed by atoms with E-state index in [1.807, 2.05) is 6.07 Å². The number of hydrogen-bond donors (Lipinski definition) is 1. The molecule has 5 heteroatoms.